The number of rotatable bonds is 7. The molecule has 0 atom stereocenters. The first kappa shape index (κ1) is 25.5. The summed E-state index contributed by atoms with van der Waals surface area (Å²) in [5, 5.41) is 8.99. The number of urea groups is 1. The first-order valence-corrected chi connectivity index (χ1v) is 12.4. The summed E-state index contributed by atoms with van der Waals surface area (Å²) in [6.45, 7) is 3.49. The number of nitrogens with one attached hydrogen (secondary N) is 3. The van der Waals surface area contributed by atoms with E-state index in [-0.39, 0.29) is 18.1 Å². The van der Waals surface area contributed by atoms with Crippen LogP contribution in [0.3, 0.4) is 0 Å². The summed E-state index contributed by atoms with van der Waals surface area (Å²) in [4.78, 5) is 51.8. The molecule has 0 aliphatic carbocycles. The van der Waals surface area contributed by atoms with Crippen LogP contribution in [0.25, 0.3) is 17.0 Å². The van der Waals surface area contributed by atoms with Gasteiger partial charge >= 0.3 is 6.03 Å². The van der Waals surface area contributed by atoms with E-state index in [0.29, 0.717) is 16.9 Å². The standard InChI is InChI=1S/C30H27N5O4/c1-19-7-5-9-22(13-19)31-27(36)17-34-16-21(24-11-3-4-12-26(24)34)15-25-29(38)35(30(39)33-25)18-28(37)32-23-10-6-8-20(2)14-23/h3-16H,17-18H2,1-2H3,(H,31,36)(H,32,37)(H,33,39)/b25-15+. The summed E-state index contributed by atoms with van der Waals surface area (Å²) >= 11 is 0. The largest absolute Gasteiger partial charge is 0.337 e. The summed E-state index contributed by atoms with van der Waals surface area (Å²) < 4.78 is 1.79. The number of carbonyl (C=O) groups is 4. The van der Waals surface area contributed by atoms with Crippen molar-refractivity contribution in [3.05, 3.63) is 101 Å². The molecule has 196 valence electrons. The van der Waals surface area contributed by atoms with E-state index in [4.69, 9.17) is 0 Å². The summed E-state index contributed by atoms with van der Waals surface area (Å²) in [7, 11) is 0. The minimum absolute atomic E-state index is 0.0514. The van der Waals surface area contributed by atoms with Gasteiger partial charge < -0.3 is 20.5 Å². The molecule has 0 unspecified atom stereocenters. The highest BCUT2D eigenvalue weighted by Gasteiger charge is 2.35. The molecule has 4 aromatic rings. The Labute approximate surface area is 225 Å². The predicted molar refractivity (Wildman–Crippen MR) is 150 cm³/mol. The summed E-state index contributed by atoms with van der Waals surface area (Å²) in [6.07, 6.45) is 3.33. The van der Waals surface area contributed by atoms with Crippen LogP contribution in [-0.4, -0.2) is 39.8 Å². The van der Waals surface area contributed by atoms with E-state index in [9.17, 15) is 19.2 Å². The molecule has 1 aliphatic heterocycles. The lowest BCUT2D eigenvalue weighted by Gasteiger charge is -2.12. The molecule has 3 N–H and O–H groups in total. The molecular weight excluding hydrogens is 494 g/mol. The van der Waals surface area contributed by atoms with Crippen molar-refractivity contribution in [3.63, 3.8) is 0 Å². The highest BCUT2D eigenvalue weighted by atomic mass is 16.2. The van der Waals surface area contributed by atoms with Gasteiger partial charge in [0.2, 0.25) is 11.8 Å². The Morgan fingerprint density at radius 2 is 1.44 bits per heavy atom. The molecule has 1 fully saturated rings. The average molecular weight is 522 g/mol. The van der Waals surface area contributed by atoms with Gasteiger partial charge in [-0.3, -0.25) is 14.4 Å². The van der Waals surface area contributed by atoms with Crippen molar-refractivity contribution >= 4 is 52.1 Å². The normalized spacial score (nSPS) is 14.1. The van der Waals surface area contributed by atoms with Gasteiger partial charge in [0, 0.05) is 34.0 Å². The first-order chi connectivity index (χ1) is 18.8. The lowest BCUT2D eigenvalue weighted by Crippen LogP contribution is -2.38. The van der Waals surface area contributed by atoms with Gasteiger partial charge in [-0.25, -0.2) is 9.69 Å². The lowest BCUT2D eigenvalue weighted by molar-refractivity contribution is -0.127. The molecule has 0 bridgehead atoms. The Bertz CT molecular complexity index is 1650. The topological polar surface area (TPSA) is 113 Å². The molecule has 1 aromatic heterocycles. The van der Waals surface area contributed by atoms with Gasteiger partial charge in [0.15, 0.2) is 0 Å². The quantitative estimate of drug-likeness (QED) is 0.247. The molecule has 5 amide bonds. The summed E-state index contributed by atoms with van der Waals surface area (Å²) in [6, 6.07) is 21.6. The zero-order valence-corrected chi connectivity index (χ0v) is 21.5. The average Bonchev–Trinajstić information content (AvgIpc) is 3.35. The zero-order valence-electron chi connectivity index (χ0n) is 21.5. The molecule has 3 aromatic carbocycles. The van der Waals surface area contributed by atoms with Crippen LogP contribution in [0, 0.1) is 13.8 Å². The van der Waals surface area contributed by atoms with E-state index in [0.717, 1.165) is 26.9 Å². The molecule has 0 radical (unpaired) electrons. The number of para-hydroxylation sites is 1. The zero-order chi connectivity index (χ0) is 27.5. The van der Waals surface area contributed by atoms with E-state index in [2.05, 4.69) is 16.0 Å². The molecule has 9 nitrogen and oxygen atoms in total. The SMILES string of the molecule is Cc1cccc(NC(=O)CN2C(=O)N/C(=C/c3cn(CC(=O)Nc4cccc(C)c4)c4ccccc34)C2=O)c1. The third-order valence-electron chi connectivity index (χ3n) is 6.30. The number of hydrogen-bond donors (Lipinski definition) is 3. The number of aromatic nitrogens is 1. The Balaban J connectivity index is 1.33. The number of hydrogen-bond acceptors (Lipinski definition) is 4. The van der Waals surface area contributed by atoms with Crippen molar-refractivity contribution < 1.29 is 19.2 Å². The number of nitrogens with zero attached hydrogens (tertiary/aromatic N) is 2. The smallest absolute Gasteiger partial charge is 0.329 e. The number of benzene rings is 3. The van der Waals surface area contributed by atoms with Crippen molar-refractivity contribution in [1.82, 2.24) is 14.8 Å². The third kappa shape index (κ3) is 5.72. The van der Waals surface area contributed by atoms with Gasteiger partial charge in [0.25, 0.3) is 5.91 Å². The van der Waals surface area contributed by atoms with Crippen LogP contribution in [0.2, 0.25) is 0 Å². The fraction of sp³-hybridized carbons (Fsp3) is 0.133. The number of anilines is 2. The number of fused-ring (bicyclic) bond motifs is 1. The molecule has 1 aliphatic rings. The second-order valence-corrected chi connectivity index (χ2v) is 9.44. The van der Waals surface area contributed by atoms with Crippen LogP contribution < -0.4 is 16.0 Å². The molecule has 5 rings (SSSR count). The van der Waals surface area contributed by atoms with Crippen LogP contribution in [0.1, 0.15) is 16.7 Å². The van der Waals surface area contributed by atoms with Gasteiger partial charge in [0.05, 0.1) is 0 Å². The highest BCUT2D eigenvalue weighted by Crippen LogP contribution is 2.25. The summed E-state index contributed by atoms with van der Waals surface area (Å²) in [5.41, 5.74) is 4.82. The maximum absolute atomic E-state index is 13.0. The molecule has 1 saturated heterocycles. The maximum atomic E-state index is 13.0. The molecule has 0 saturated carbocycles. The van der Waals surface area contributed by atoms with E-state index < -0.39 is 24.4 Å². The van der Waals surface area contributed by atoms with Crippen LogP contribution >= 0.6 is 0 Å². The second kappa shape index (κ2) is 10.7. The molecule has 0 spiro atoms. The van der Waals surface area contributed by atoms with Crippen molar-refractivity contribution in [1.29, 1.82) is 0 Å². The number of aryl methyl sites for hydroxylation is 2. The molecular formula is C30H27N5O4. The maximum Gasteiger partial charge on any atom is 0.329 e. The van der Waals surface area contributed by atoms with Gasteiger partial charge in [0.1, 0.15) is 18.8 Å². The predicted octanol–water partition coefficient (Wildman–Crippen LogP) is 4.43. The second-order valence-electron chi connectivity index (χ2n) is 9.44. The van der Waals surface area contributed by atoms with E-state index in [1.54, 1.807) is 29.0 Å². The fourth-order valence-electron chi connectivity index (χ4n) is 4.54. The summed E-state index contributed by atoms with van der Waals surface area (Å²) in [5.74, 6) is -1.29. The van der Waals surface area contributed by atoms with Crippen LogP contribution in [-0.2, 0) is 20.9 Å². The Kier molecular flexibility index (Phi) is 6.96. The van der Waals surface area contributed by atoms with E-state index in [1.807, 2.05) is 74.5 Å². The number of imide groups is 1. The Morgan fingerprint density at radius 1 is 0.821 bits per heavy atom. The molecule has 2 heterocycles. The van der Waals surface area contributed by atoms with Crippen LogP contribution in [0.4, 0.5) is 16.2 Å². The Morgan fingerprint density at radius 3 is 2.08 bits per heavy atom. The van der Waals surface area contributed by atoms with E-state index in [1.165, 1.54) is 0 Å². The van der Waals surface area contributed by atoms with Crippen molar-refractivity contribution in [3.8, 4) is 0 Å². The van der Waals surface area contributed by atoms with Crippen molar-refractivity contribution in [2.24, 2.45) is 0 Å². The minimum Gasteiger partial charge on any atom is -0.337 e. The van der Waals surface area contributed by atoms with Crippen LogP contribution in [0.15, 0.2) is 84.7 Å². The van der Waals surface area contributed by atoms with Gasteiger partial charge in [-0.2, -0.15) is 0 Å². The molecule has 9 heteroatoms. The number of amides is 5. The van der Waals surface area contributed by atoms with Gasteiger partial charge in [-0.05, 0) is 61.4 Å². The van der Waals surface area contributed by atoms with E-state index >= 15 is 0 Å². The molecule has 39 heavy (non-hydrogen) atoms. The van der Waals surface area contributed by atoms with Crippen molar-refractivity contribution in [2.75, 3.05) is 17.2 Å². The minimum atomic E-state index is -0.674. The van der Waals surface area contributed by atoms with Gasteiger partial charge in [-0.15, -0.1) is 0 Å². The highest BCUT2D eigenvalue weighted by molar-refractivity contribution is 6.16. The Hall–Kier alpha value is -5.18. The fourth-order valence-corrected chi connectivity index (χ4v) is 4.54. The monoisotopic (exact) mass is 521 g/mol. The lowest BCUT2D eigenvalue weighted by atomic mass is 10.1. The van der Waals surface area contributed by atoms with Crippen molar-refractivity contribution in [2.45, 2.75) is 20.4 Å². The van der Waals surface area contributed by atoms with Crippen LogP contribution in [0.5, 0.6) is 0 Å². The third-order valence-corrected chi connectivity index (χ3v) is 6.30. The van der Waals surface area contributed by atoms with Gasteiger partial charge in [-0.1, -0.05) is 42.5 Å². The first-order valence-electron chi connectivity index (χ1n) is 12.4. The number of carbonyl (C=O) groups excluding carboxylic acids is 4.